The minimum atomic E-state index is 0.734. The molecule has 4 bridgehead atoms. The smallest absolute Gasteiger partial charge is 0.0259 e. The molecule has 5 aliphatic carbocycles. The molecular weight excluding hydrogens is 300 g/mol. The Morgan fingerprint density at radius 2 is 1.04 bits per heavy atom. The van der Waals surface area contributed by atoms with Crippen LogP contribution >= 0.6 is 0 Å². The Bertz CT molecular complexity index is 361. The molecule has 0 N–H and O–H groups in total. The fourth-order valence-electron chi connectivity index (χ4n) is 8.27. The zero-order valence-corrected chi connectivity index (χ0v) is 16.8. The molecule has 0 saturated heterocycles. The SMILES string of the molecule is [CH2]CC(C1CCCCCCCCCCC1)C12CC3CC(CC(C3)C1)C2. The maximum atomic E-state index is 4.55. The third-order valence-corrected chi connectivity index (χ3v) is 8.90. The van der Waals surface area contributed by atoms with Crippen LogP contribution in [0, 0.1) is 41.9 Å². The van der Waals surface area contributed by atoms with Crippen molar-refractivity contribution in [3.05, 3.63) is 6.92 Å². The Kier molecular flexibility index (Phi) is 6.13. The lowest BCUT2D eigenvalue weighted by molar-refractivity contribution is -0.103. The molecular formula is C25H43. The van der Waals surface area contributed by atoms with E-state index in [1.54, 1.807) is 38.5 Å². The molecule has 25 heavy (non-hydrogen) atoms. The van der Waals surface area contributed by atoms with Crippen molar-refractivity contribution in [3.63, 3.8) is 0 Å². The zero-order valence-electron chi connectivity index (χ0n) is 16.8. The van der Waals surface area contributed by atoms with Gasteiger partial charge < -0.3 is 0 Å². The molecule has 0 aromatic rings. The summed E-state index contributed by atoms with van der Waals surface area (Å²) in [5, 5.41) is 0. The first kappa shape index (κ1) is 18.4. The fourth-order valence-corrected chi connectivity index (χ4v) is 8.27. The number of hydrogen-bond donors (Lipinski definition) is 0. The molecule has 0 aromatic carbocycles. The Labute approximate surface area is 157 Å². The summed E-state index contributed by atoms with van der Waals surface area (Å²) in [6.45, 7) is 4.55. The van der Waals surface area contributed by atoms with Gasteiger partial charge in [-0.25, -0.2) is 0 Å². The molecule has 0 amide bonds. The summed E-state index contributed by atoms with van der Waals surface area (Å²) in [5.41, 5.74) is 0.734. The molecule has 1 unspecified atom stereocenters. The molecule has 143 valence electrons. The Morgan fingerprint density at radius 1 is 0.640 bits per heavy atom. The third-order valence-electron chi connectivity index (χ3n) is 8.90. The van der Waals surface area contributed by atoms with Gasteiger partial charge in [-0.05, 0) is 80.0 Å². The van der Waals surface area contributed by atoms with Gasteiger partial charge in [-0.2, -0.15) is 0 Å². The van der Waals surface area contributed by atoms with Gasteiger partial charge in [0.15, 0.2) is 0 Å². The van der Waals surface area contributed by atoms with Gasteiger partial charge in [0.2, 0.25) is 0 Å². The van der Waals surface area contributed by atoms with Crippen molar-refractivity contribution in [2.24, 2.45) is 35.0 Å². The van der Waals surface area contributed by atoms with Crippen LogP contribution < -0.4 is 0 Å². The largest absolute Gasteiger partial charge is 0.0533 e. The van der Waals surface area contributed by atoms with Crippen LogP contribution in [0.15, 0.2) is 0 Å². The van der Waals surface area contributed by atoms with Gasteiger partial charge in [-0.3, -0.25) is 0 Å². The second-order valence-corrected chi connectivity index (χ2v) is 10.7. The molecule has 1 radical (unpaired) electrons. The van der Waals surface area contributed by atoms with Crippen molar-refractivity contribution in [3.8, 4) is 0 Å². The summed E-state index contributed by atoms with van der Waals surface area (Å²) in [6.07, 6.45) is 27.4. The van der Waals surface area contributed by atoms with E-state index in [0.29, 0.717) is 0 Å². The second kappa shape index (κ2) is 8.35. The maximum Gasteiger partial charge on any atom is -0.0259 e. The highest BCUT2D eigenvalue weighted by Gasteiger charge is 2.54. The van der Waals surface area contributed by atoms with E-state index in [1.807, 2.05) is 0 Å². The van der Waals surface area contributed by atoms with Crippen LogP contribution in [0.5, 0.6) is 0 Å². The van der Waals surface area contributed by atoms with Crippen LogP contribution in [-0.4, -0.2) is 0 Å². The van der Waals surface area contributed by atoms with Crippen molar-refractivity contribution in [2.75, 3.05) is 0 Å². The van der Waals surface area contributed by atoms with E-state index in [0.717, 1.165) is 35.0 Å². The fraction of sp³-hybridized carbons (Fsp3) is 0.960. The van der Waals surface area contributed by atoms with Crippen LogP contribution in [0.3, 0.4) is 0 Å². The topological polar surface area (TPSA) is 0 Å². The predicted molar refractivity (Wildman–Crippen MR) is 108 cm³/mol. The van der Waals surface area contributed by atoms with E-state index >= 15 is 0 Å². The summed E-state index contributed by atoms with van der Waals surface area (Å²) in [7, 11) is 0. The van der Waals surface area contributed by atoms with E-state index in [9.17, 15) is 0 Å². The minimum absolute atomic E-state index is 0.734. The lowest BCUT2D eigenvalue weighted by Gasteiger charge is -2.61. The summed E-state index contributed by atoms with van der Waals surface area (Å²) < 4.78 is 0. The summed E-state index contributed by atoms with van der Waals surface area (Å²) in [4.78, 5) is 0. The van der Waals surface area contributed by atoms with E-state index in [-0.39, 0.29) is 0 Å². The van der Waals surface area contributed by atoms with Crippen molar-refractivity contribution >= 4 is 0 Å². The van der Waals surface area contributed by atoms with E-state index in [1.165, 1.54) is 77.0 Å². The van der Waals surface area contributed by atoms with Gasteiger partial charge in [0.25, 0.3) is 0 Å². The van der Waals surface area contributed by atoms with Gasteiger partial charge in [0, 0.05) is 0 Å². The molecule has 5 saturated carbocycles. The van der Waals surface area contributed by atoms with E-state index in [4.69, 9.17) is 0 Å². The molecule has 1 atom stereocenters. The second-order valence-electron chi connectivity index (χ2n) is 10.7. The van der Waals surface area contributed by atoms with Crippen LogP contribution in [-0.2, 0) is 0 Å². The van der Waals surface area contributed by atoms with Gasteiger partial charge in [-0.1, -0.05) is 77.6 Å². The molecule has 0 heteroatoms. The lowest BCUT2D eigenvalue weighted by atomic mass is 9.44. The highest BCUT2D eigenvalue weighted by atomic mass is 14.6. The first-order valence-electron chi connectivity index (χ1n) is 12.1. The minimum Gasteiger partial charge on any atom is -0.0533 e. The van der Waals surface area contributed by atoms with Gasteiger partial charge in [0.05, 0.1) is 0 Å². The van der Waals surface area contributed by atoms with E-state index < -0.39 is 0 Å². The Balaban J connectivity index is 1.45. The van der Waals surface area contributed by atoms with Crippen molar-refractivity contribution < 1.29 is 0 Å². The van der Waals surface area contributed by atoms with Gasteiger partial charge >= 0.3 is 0 Å². The van der Waals surface area contributed by atoms with Crippen molar-refractivity contribution in [1.82, 2.24) is 0 Å². The molecule has 5 aliphatic rings. The van der Waals surface area contributed by atoms with Crippen LogP contribution in [0.4, 0.5) is 0 Å². The van der Waals surface area contributed by atoms with Crippen LogP contribution in [0.2, 0.25) is 0 Å². The number of hydrogen-bond acceptors (Lipinski definition) is 0. The Morgan fingerprint density at radius 3 is 1.44 bits per heavy atom. The molecule has 0 spiro atoms. The lowest BCUT2D eigenvalue weighted by Crippen LogP contribution is -2.51. The number of rotatable bonds is 3. The molecule has 0 aliphatic heterocycles. The van der Waals surface area contributed by atoms with E-state index in [2.05, 4.69) is 6.92 Å². The summed E-state index contributed by atoms with van der Waals surface area (Å²) >= 11 is 0. The standard InChI is InChI=1S/C25H43/c1-2-24(23-12-10-8-6-4-3-5-7-9-11-13-23)25-17-20-14-21(18-25)16-22(15-20)19-25/h20-24H,1-19H2. The van der Waals surface area contributed by atoms with Gasteiger partial charge in [0.1, 0.15) is 0 Å². The van der Waals surface area contributed by atoms with Crippen LogP contribution in [0.1, 0.15) is 116 Å². The molecule has 5 rings (SSSR count). The summed E-state index contributed by atoms with van der Waals surface area (Å²) in [5.74, 6) is 5.28. The Hall–Kier alpha value is 0. The average Bonchev–Trinajstić information content (AvgIpc) is 2.56. The predicted octanol–water partition coefficient (Wildman–Crippen LogP) is 7.96. The van der Waals surface area contributed by atoms with Crippen LogP contribution in [0.25, 0.3) is 0 Å². The molecule has 0 aromatic heterocycles. The zero-order chi connectivity index (χ0) is 17.1. The monoisotopic (exact) mass is 343 g/mol. The maximum absolute atomic E-state index is 4.55. The highest BCUT2D eigenvalue weighted by Crippen LogP contribution is 2.64. The molecule has 5 fully saturated rings. The van der Waals surface area contributed by atoms with Crippen molar-refractivity contribution in [2.45, 2.75) is 116 Å². The van der Waals surface area contributed by atoms with Crippen molar-refractivity contribution in [1.29, 1.82) is 0 Å². The quantitative estimate of drug-likeness (QED) is 0.487. The third kappa shape index (κ3) is 4.14. The van der Waals surface area contributed by atoms with Gasteiger partial charge in [-0.15, -0.1) is 0 Å². The first-order chi connectivity index (χ1) is 12.3. The normalized spacial score (nSPS) is 41.9. The average molecular weight is 344 g/mol. The highest BCUT2D eigenvalue weighted by molar-refractivity contribution is 5.05. The summed E-state index contributed by atoms with van der Waals surface area (Å²) in [6, 6.07) is 0. The molecule has 0 heterocycles. The first-order valence-corrected chi connectivity index (χ1v) is 12.1. The molecule has 0 nitrogen and oxygen atoms in total.